The molecule has 0 bridgehead atoms. The van der Waals surface area contributed by atoms with E-state index in [1.165, 1.54) is 0 Å². The summed E-state index contributed by atoms with van der Waals surface area (Å²) in [7, 11) is 0. The van der Waals surface area contributed by atoms with E-state index >= 15 is 0 Å². The van der Waals surface area contributed by atoms with Crippen LogP contribution in [0.5, 0.6) is 0 Å². The number of anilines is 1. The monoisotopic (exact) mass is 663 g/mol. The van der Waals surface area contributed by atoms with Crippen molar-refractivity contribution in [1.82, 2.24) is 20.1 Å². The van der Waals surface area contributed by atoms with Crippen molar-refractivity contribution in [3.05, 3.63) is 118 Å². The molecule has 226 valence electrons. The minimum atomic E-state index is -0.563. The predicted molar refractivity (Wildman–Crippen MR) is 180 cm³/mol. The van der Waals surface area contributed by atoms with Gasteiger partial charge in [0, 0.05) is 58.9 Å². The van der Waals surface area contributed by atoms with Crippen LogP contribution in [0.25, 0.3) is 27.8 Å². The summed E-state index contributed by atoms with van der Waals surface area (Å²) in [5, 5.41) is 16.3. The van der Waals surface area contributed by atoms with Crippen LogP contribution in [0, 0.1) is 5.41 Å². The van der Waals surface area contributed by atoms with Crippen LogP contribution in [-0.4, -0.2) is 64.6 Å². The van der Waals surface area contributed by atoms with Gasteiger partial charge in [0.15, 0.2) is 5.96 Å². The third-order valence-corrected chi connectivity index (χ3v) is 8.29. The number of amides is 3. The molecule has 45 heavy (non-hydrogen) atoms. The van der Waals surface area contributed by atoms with E-state index < -0.39 is 5.91 Å². The van der Waals surface area contributed by atoms with Crippen molar-refractivity contribution >= 4 is 73.0 Å². The van der Waals surface area contributed by atoms with Gasteiger partial charge in [0.25, 0.3) is 17.7 Å². The van der Waals surface area contributed by atoms with Crippen LogP contribution in [-0.2, 0) is 4.79 Å². The number of benzene rings is 4. The lowest BCUT2D eigenvalue weighted by molar-refractivity contribution is -0.128. The highest BCUT2D eigenvalue weighted by molar-refractivity contribution is 9.10. The number of hydrogen-bond acceptors (Lipinski definition) is 4. The summed E-state index contributed by atoms with van der Waals surface area (Å²) in [5.41, 5.74) is 8.26. The molecule has 3 amide bonds. The van der Waals surface area contributed by atoms with Crippen molar-refractivity contribution < 1.29 is 14.4 Å². The summed E-state index contributed by atoms with van der Waals surface area (Å²) >= 11 is 3.43. The SMILES string of the molecule is N=C(N)N1CCN(C(=O)/C(=C/c2c[nH]c3ccccc23)NC(=O)c2cc(Br)ccc2NC(=O)c2ccc3ccccc3c2)CC1. The summed E-state index contributed by atoms with van der Waals surface area (Å²) in [5.74, 6) is -1.34. The molecule has 6 N–H and O–H groups in total. The van der Waals surface area contributed by atoms with Crippen molar-refractivity contribution in [3.8, 4) is 0 Å². The number of carbonyl (C=O) groups is 3. The molecule has 11 heteroatoms. The van der Waals surface area contributed by atoms with Gasteiger partial charge in [-0.3, -0.25) is 19.8 Å². The third-order valence-electron chi connectivity index (χ3n) is 7.79. The Morgan fingerprint density at radius 2 is 1.56 bits per heavy atom. The first-order chi connectivity index (χ1) is 21.8. The standard InChI is InChI=1S/C34H30BrN7O3/c35-25-11-12-29(39-31(43)23-10-9-21-5-1-2-6-22(21)17-23)27(19-25)32(44)40-30(18-24-20-38-28-8-4-3-7-26(24)28)33(45)41-13-15-42(16-14-41)34(36)37/h1-12,17-20,38H,13-16H2,(H3,36,37)(H,39,43)(H,40,44)/b30-18-. The van der Waals surface area contributed by atoms with Crippen molar-refractivity contribution in [1.29, 1.82) is 5.41 Å². The first-order valence-electron chi connectivity index (χ1n) is 14.3. The minimum absolute atomic E-state index is 0.0436. The molecule has 0 radical (unpaired) electrons. The quantitative estimate of drug-likeness (QED) is 0.0969. The fourth-order valence-corrected chi connectivity index (χ4v) is 5.73. The second kappa shape index (κ2) is 12.7. The highest BCUT2D eigenvalue weighted by atomic mass is 79.9. The van der Waals surface area contributed by atoms with Gasteiger partial charge in [-0.25, -0.2) is 0 Å². The van der Waals surface area contributed by atoms with Crippen LogP contribution >= 0.6 is 15.9 Å². The maximum atomic E-state index is 13.9. The smallest absolute Gasteiger partial charge is 0.270 e. The molecule has 1 aromatic heterocycles. The van der Waals surface area contributed by atoms with Gasteiger partial charge in [0.1, 0.15) is 5.70 Å². The molecule has 0 aliphatic carbocycles. The Hall–Kier alpha value is -5.42. The number of rotatable bonds is 6. The maximum Gasteiger partial charge on any atom is 0.270 e. The van der Waals surface area contributed by atoms with E-state index in [2.05, 4.69) is 31.5 Å². The number of para-hydroxylation sites is 1. The number of piperazine rings is 1. The molecule has 0 spiro atoms. The number of H-pyrrole nitrogens is 1. The summed E-state index contributed by atoms with van der Waals surface area (Å²) in [6, 6.07) is 25.8. The number of aromatic nitrogens is 1. The lowest BCUT2D eigenvalue weighted by atomic mass is 10.1. The van der Waals surface area contributed by atoms with Crippen LogP contribution in [0.15, 0.2) is 101 Å². The molecule has 6 rings (SSSR count). The van der Waals surface area contributed by atoms with Gasteiger partial charge in [-0.05, 0) is 53.2 Å². The van der Waals surface area contributed by atoms with Crippen LogP contribution in [0.1, 0.15) is 26.3 Å². The lowest BCUT2D eigenvalue weighted by Crippen LogP contribution is -2.53. The zero-order valence-electron chi connectivity index (χ0n) is 24.1. The van der Waals surface area contributed by atoms with Gasteiger partial charge in [-0.2, -0.15) is 0 Å². The zero-order valence-corrected chi connectivity index (χ0v) is 25.7. The Bertz CT molecular complexity index is 1990. The molecule has 1 aliphatic heterocycles. The summed E-state index contributed by atoms with van der Waals surface area (Å²) < 4.78 is 0.630. The number of halogens is 1. The number of hydrogen-bond donors (Lipinski definition) is 5. The van der Waals surface area contributed by atoms with E-state index in [-0.39, 0.29) is 29.0 Å². The molecule has 5 aromatic rings. The van der Waals surface area contributed by atoms with E-state index in [1.807, 2.05) is 54.6 Å². The number of guanidine groups is 1. The number of nitrogens with two attached hydrogens (primary N) is 1. The predicted octanol–water partition coefficient (Wildman–Crippen LogP) is 5.14. The van der Waals surface area contributed by atoms with Gasteiger partial charge >= 0.3 is 0 Å². The highest BCUT2D eigenvalue weighted by Crippen LogP contribution is 2.25. The molecular formula is C34H30BrN7O3. The van der Waals surface area contributed by atoms with Crippen LogP contribution in [0.2, 0.25) is 0 Å². The van der Waals surface area contributed by atoms with Crippen molar-refractivity contribution in [2.45, 2.75) is 0 Å². The summed E-state index contributed by atoms with van der Waals surface area (Å²) in [6.07, 6.45) is 3.44. The van der Waals surface area contributed by atoms with Crippen molar-refractivity contribution in [2.24, 2.45) is 5.73 Å². The van der Waals surface area contributed by atoms with Crippen LogP contribution in [0.3, 0.4) is 0 Å². The van der Waals surface area contributed by atoms with Crippen molar-refractivity contribution in [2.75, 3.05) is 31.5 Å². The Kier molecular flexibility index (Phi) is 8.35. The van der Waals surface area contributed by atoms with Gasteiger partial charge < -0.3 is 31.2 Å². The number of carbonyl (C=O) groups excluding carboxylic acids is 3. The van der Waals surface area contributed by atoms with Gasteiger partial charge in [-0.15, -0.1) is 0 Å². The van der Waals surface area contributed by atoms with E-state index in [0.29, 0.717) is 41.9 Å². The zero-order chi connectivity index (χ0) is 31.5. The number of nitrogens with zero attached hydrogens (tertiary/aromatic N) is 2. The lowest BCUT2D eigenvalue weighted by Gasteiger charge is -2.35. The molecule has 2 heterocycles. The largest absolute Gasteiger partial charge is 0.370 e. The number of fused-ring (bicyclic) bond motifs is 2. The second-order valence-electron chi connectivity index (χ2n) is 10.7. The van der Waals surface area contributed by atoms with Crippen LogP contribution in [0.4, 0.5) is 5.69 Å². The molecule has 1 fully saturated rings. The molecule has 0 saturated carbocycles. The first kappa shape index (κ1) is 29.6. The topological polar surface area (TPSA) is 147 Å². The Balaban J connectivity index is 1.30. The first-order valence-corrected chi connectivity index (χ1v) is 15.1. The summed E-state index contributed by atoms with van der Waals surface area (Å²) in [6.45, 7) is 1.49. The second-order valence-corrected chi connectivity index (χ2v) is 11.6. The number of nitrogens with one attached hydrogen (secondary N) is 4. The fourth-order valence-electron chi connectivity index (χ4n) is 5.37. The number of aromatic amines is 1. The average Bonchev–Trinajstić information content (AvgIpc) is 3.47. The Morgan fingerprint density at radius 3 is 2.33 bits per heavy atom. The minimum Gasteiger partial charge on any atom is -0.370 e. The molecule has 10 nitrogen and oxygen atoms in total. The fraction of sp³-hybridized carbons (Fsp3) is 0.118. The van der Waals surface area contributed by atoms with E-state index in [9.17, 15) is 14.4 Å². The van der Waals surface area contributed by atoms with E-state index in [0.717, 1.165) is 27.2 Å². The average molecular weight is 665 g/mol. The third kappa shape index (κ3) is 6.43. The Morgan fingerprint density at radius 1 is 0.844 bits per heavy atom. The van der Waals surface area contributed by atoms with Crippen LogP contribution < -0.4 is 16.4 Å². The van der Waals surface area contributed by atoms with E-state index in [1.54, 1.807) is 52.4 Å². The normalized spacial score (nSPS) is 13.6. The van der Waals surface area contributed by atoms with Gasteiger partial charge in [-0.1, -0.05) is 64.5 Å². The Labute approximate surface area is 267 Å². The molecule has 1 aliphatic rings. The molecule has 0 unspecified atom stereocenters. The molecular weight excluding hydrogens is 634 g/mol. The van der Waals surface area contributed by atoms with Gasteiger partial charge in [0.05, 0.1) is 11.3 Å². The maximum absolute atomic E-state index is 13.9. The van der Waals surface area contributed by atoms with Crippen molar-refractivity contribution in [3.63, 3.8) is 0 Å². The molecule has 0 atom stereocenters. The highest BCUT2D eigenvalue weighted by Gasteiger charge is 2.27. The van der Waals surface area contributed by atoms with E-state index in [4.69, 9.17) is 11.1 Å². The molecule has 4 aromatic carbocycles. The molecule has 1 saturated heterocycles. The summed E-state index contributed by atoms with van der Waals surface area (Å²) in [4.78, 5) is 47.6. The van der Waals surface area contributed by atoms with Gasteiger partial charge in [0.2, 0.25) is 0 Å².